The van der Waals surface area contributed by atoms with Gasteiger partial charge in [0.25, 0.3) is 0 Å². The van der Waals surface area contributed by atoms with Gasteiger partial charge in [0.2, 0.25) is 10.0 Å². The van der Waals surface area contributed by atoms with E-state index >= 15 is 0 Å². The molecule has 2 N–H and O–H groups in total. The number of aliphatic hydroxyl groups excluding tert-OH is 1. The van der Waals surface area contributed by atoms with Crippen molar-refractivity contribution in [3.63, 3.8) is 0 Å². The number of benzene rings is 1. The molecule has 0 amide bonds. The minimum atomic E-state index is -3.27. The lowest BCUT2D eigenvalue weighted by Gasteiger charge is -2.20. The lowest BCUT2D eigenvalue weighted by Crippen LogP contribution is -2.39. The fraction of sp³-hybridized carbons (Fsp3) is 0.611. The zero-order valence-corrected chi connectivity index (χ0v) is 15.7. The number of rotatable bonds is 9. The molecule has 2 atom stereocenters. The summed E-state index contributed by atoms with van der Waals surface area (Å²) in [6.07, 6.45) is 1.71. The summed E-state index contributed by atoms with van der Waals surface area (Å²) in [4.78, 5) is 13.3. The van der Waals surface area contributed by atoms with Crippen LogP contribution in [0.5, 0.6) is 5.75 Å². The van der Waals surface area contributed by atoms with E-state index in [0.29, 0.717) is 37.4 Å². The average Bonchev–Trinajstić information content (AvgIpc) is 3.26. The summed E-state index contributed by atoms with van der Waals surface area (Å²) in [5.41, 5.74) is 0.563. The predicted octanol–water partition coefficient (Wildman–Crippen LogP) is 0.785. The molecule has 8 heteroatoms. The second-order valence-electron chi connectivity index (χ2n) is 7.16. The number of aliphatic hydroxyl groups is 1. The Labute approximate surface area is 154 Å². The van der Waals surface area contributed by atoms with Crippen LogP contribution in [0, 0.1) is 0 Å². The number of nitrogens with one attached hydrogen (secondary N) is 1. The highest BCUT2D eigenvalue weighted by atomic mass is 32.2. The van der Waals surface area contributed by atoms with E-state index in [9.17, 15) is 18.3 Å². The Morgan fingerprint density at radius 2 is 2.15 bits per heavy atom. The zero-order chi connectivity index (χ0) is 18.7. The molecule has 7 nitrogen and oxygen atoms in total. The Hall–Kier alpha value is -1.48. The van der Waals surface area contributed by atoms with Crippen LogP contribution < -0.4 is 9.46 Å². The van der Waals surface area contributed by atoms with Crippen LogP contribution >= 0.6 is 0 Å². The number of Topliss-reactive ketones (excluding diaryl/α,β-unsaturated/α-hetero) is 1. The van der Waals surface area contributed by atoms with Gasteiger partial charge in [0.05, 0.1) is 5.25 Å². The van der Waals surface area contributed by atoms with Crippen LogP contribution in [0.2, 0.25) is 0 Å². The third-order valence-corrected chi connectivity index (χ3v) is 6.65. The summed E-state index contributed by atoms with van der Waals surface area (Å²) in [5.74, 6) is 0.493. The highest BCUT2D eigenvalue weighted by molar-refractivity contribution is 7.90. The second-order valence-corrected chi connectivity index (χ2v) is 9.15. The van der Waals surface area contributed by atoms with Crippen molar-refractivity contribution >= 4 is 15.8 Å². The molecule has 1 saturated heterocycles. The second kappa shape index (κ2) is 8.04. The minimum absolute atomic E-state index is 0.0416. The Bertz CT molecular complexity index is 748. The molecule has 0 radical (unpaired) electrons. The summed E-state index contributed by atoms with van der Waals surface area (Å²) in [6, 6.07) is 6.96. The maximum absolute atomic E-state index is 12.3. The molecule has 1 aromatic rings. The van der Waals surface area contributed by atoms with E-state index < -0.39 is 21.4 Å². The summed E-state index contributed by atoms with van der Waals surface area (Å²) in [6.45, 7) is 3.02. The van der Waals surface area contributed by atoms with Crippen LogP contribution in [-0.2, 0) is 10.0 Å². The minimum Gasteiger partial charge on any atom is -0.491 e. The van der Waals surface area contributed by atoms with Gasteiger partial charge in [-0.05, 0) is 44.9 Å². The van der Waals surface area contributed by atoms with E-state index in [1.54, 1.807) is 24.3 Å². The smallest absolute Gasteiger partial charge is 0.216 e. The lowest BCUT2D eigenvalue weighted by molar-refractivity contribution is 0.0758. The van der Waals surface area contributed by atoms with Crippen LogP contribution in [0.3, 0.4) is 0 Å². The Balaban J connectivity index is 1.44. The largest absolute Gasteiger partial charge is 0.491 e. The number of nitrogens with zero attached hydrogens (tertiary/aromatic N) is 1. The number of carbonyl (C=O) groups excluding carboxylic acids is 1. The number of likely N-dealkylation sites (tertiary alicyclic amines) is 1. The molecule has 0 aromatic heterocycles. The van der Waals surface area contributed by atoms with Crippen LogP contribution in [0.4, 0.5) is 0 Å². The topological polar surface area (TPSA) is 95.9 Å². The molecular weight excluding hydrogens is 356 g/mol. The summed E-state index contributed by atoms with van der Waals surface area (Å²) in [5, 5.41) is 9.78. The van der Waals surface area contributed by atoms with Crippen LogP contribution in [-0.4, -0.2) is 67.8 Å². The number of hydrogen-bond donors (Lipinski definition) is 2. The van der Waals surface area contributed by atoms with Crippen molar-refractivity contribution in [2.45, 2.75) is 43.6 Å². The molecule has 1 aliphatic carbocycles. The molecule has 3 rings (SSSR count). The summed E-state index contributed by atoms with van der Waals surface area (Å²) in [7, 11) is -3.27. The van der Waals surface area contributed by atoms with Crippen LogP contribution in [0.25, 0.3) is 0 Å². The molecular formula is C18H26N2O5S. The Kier molecular flexibility index (Phi) is 5.96. The van der Waals surface area contributed by atoms with Gasteiger partial charge in [-0.3, -0.25) is 9.69 Å². The van der Waals surface area contributed by atoms with E-state index in [1.165, 1.54) is 6.92 Å². The third-order valence-electron chi connectivity index (χ3n) is 4.73. The van der Waals surface area contributed by atoms with Gasteiger partial charge in [0.15, 0.2) is 5.78 Å². The van der Waals surface area contributed by atoms with Gasteiger partial charge < -0.3 is 9.84 Å². The molecule has 2 unspecified atom stereocenters. The van der Waals surface area contributed by atoms with E-state index in [2.05, 4.69) is 4.72 Å². The lowest BCUT2D eigenvalue weighted by atomic mass is 10.1. The van der Waals surface area contributed by atoms with Crippen molar-refractivity contribution in [1.29, 1.82) is 0 Å². The first-order valence-corrected chi connectivity index (χ1v) is 10.5. The molecule has 144 valence electrons. The van der Waals surface area contributed by atoms with Gasteiger partial charge in [-0.25, -0.2) is 13.1 Å². The highest BCUT2D eigenvalue weighted by Gasteiger charge is 2.37. The number of carbonyl (C=O) groups is 1. The van der Waals surface area contributed by atoms with E-state index in [4.69, 9.17) is 4.74 Å². The van der Waals surface area contributed by atoms with E-state index in [-0.39, 0.29) is 18.4 Å². The first-order chi connectivity index (χ1) is 12.3. The number of hydrogen-bond acceptors (Lipinski definition) is 6. The highest BCUT2D eigenvalue weighted by Crippen LogP contribution is 2.23. The summed E-state index contributed by atoms with van der Waals surface area (Å²) < 4.78 is 32.8. The summed E-state index contributed by atoms with van der Waals surface area (Å²) >= 11 is 0. The fourth-order valence-electron chi connectivity index (χ4n) is 3.09. The average molecular weight is 382 g/mol. The molecule has 1 heterocycles. The number of β-amino-alcohol motifs (C(OH)–C–C–N with tert-alkyl or cyclic N) is 1. The Morgan fingerprint density at radius 1 is 1.38 bits per heavy atom. The standard InChI is InChI=1S/C18H26N2O5S/c1-13(21)14-3-2-4-17(9-14)25-12-16(22)10-20-8-7-18(11-20)26(23,24)19-15-5-6-15/h2-4,9,15-16,18-19,22H,5-8,10-12H2,1H3. The quantitative estimate of drug-likeness (QED) is 0.613. The van der Waals surface area contributed by atoms with Crippen LogP contribution in [0.1, 0.15) is 36.5 Å². The number of ketones is 1. The van der Waals surface area contributed by atoms with Gasteiger partial charge in [0.1, 0.15) is 18.5 Å². The zero-order valence-electron chi connectivity index (χ0n) is 14.9. The van der Waals surface area contributed by atoms with Gasteiger partial charge in [-0.15, -0.1) is 0 Å². The molecule has 2 aliphatic rings. The first kappa shape index (κ1) is 19.3. The van der Waals surface area contributed by atoms with Crippen LogP contribution in [0.15, 0.2) is 24.3 Å². The van der Waals surface area contributed by atoms with Crippen molar-refractivity contribution in [2.75, 3.05) is 26.2 Å². The van der Waals surface area contributed by atoms with E-state index in [0.717, 1.165) is 12.8 Å². The molecule has 2 fully saturated rings. The molecule has 26 heavy (non-hydrogen) atoms. The normalized spacial score (nSPS) is 22.3. The van der Waals surface area contributed by atoms with E-state index in [1.807, 2.05) is 4.90 Å². The predicted molar refractivity (Wildman–Crippen MR) is 97.9 cm³/mol. The molecule has 1 aromatic carbocycles. The van der Waals surface area contributed by atoms with Gasteiger partial charge in [0, 0.05) is 24.7 Å². The molecule has 0 spiro atoms. The SMILES string of the molecule is CC(=O)c1cccc(OCC(O)CN2CCC(S(=O)(=O)NC3CC3)C2)c1. The monoisotopic (exact) mass is 382 g/mol. The third kappa shape index (κ3) is 5.26. The molecule has 1 aliphatic heterocycles. The number of ether oxygens (including phenoxy) is 1. The van der Waals surface area contributed by atoms with Crippen molar-refractivity contribution in [3.8, 4) is 5.75 Å². The van der Waals surface area contributed by atoms with Crippen molar-refractivity contribution in [2.24, 2.45) is 0 Å². The molecule has 0 bridgehead atoms. The number of sulfonamides is 1. The maximum Gasteiger partial charge on any atom is 0.216 e. The first-order valence-electron chi connectivity index (χ1n) is 8.99. The molecule has 1 saturated carbocycles. The van der Waals surface area contributed by atoms with Crippen molar-refractivity contribution < 1.29 is 23.1 Å². The van der Waals surface area contributed by atoms with Crippen molar-refractivity contribution in [1.82, 2.24) is 9.62 Å². The van der Waals surface area contributed by atoms with Crippen molar-refractivity contribution in [3.05, 3.63) is 29.8 Å². The van der Waals surface area contributed by atoms with Gasteiger partial charge in [-0.1, -0.05) is 12.1 Å². The van der Waals surface area contributed by atoms with Gasteiger partial charge >= 0.3 is 0 Å². The fourth-order valence-corrected chi connectivity index (χ4v) is 4.81. The Morgan fingerprint density at radius 3 is 2.85 bits per heavy atom. The maximum atomic E-state index is 12.3. The van der Waals surface area contributed by atoms with Gasteiger partial charge in [-0.2, -0.15) is 0 Å².